The number of carbonyl (C=O) groups is 1. The number of fused-ring (bicyclic) bond motifs is 1. The fourth-order valence-corrected chi connectivity index (χ4v) is 3.75. The second-order valence-electron chi connectivity index (χ2n) is 5.10. The summed E-state index contributed by atoms with van der Waals surface area (Å²) in [5.41, 5.74) is 0.105. The highest BCUT2D eigenvalue weighted by Gasteiger charge is 2.17. The minimum atomic E-state index is -3.95. The third kappa shape index (κ3) is 3.53. The second-order valence-corrected chi connectivity index (χ2v) is 7.54. The van der Waals surface area contributed by atoms with E-state index in [1.807, 2.05) is 0 Å². The summed E-state index contributed by atoms with van der Waals surface area (Å²) in [6.07, 6.45) is 1.38. The quantitative estimate of drug-likeness (QED) is 0.648. The number of carboxylic acid groups (broad SMARTS) is 1. The maximum absolute atomic E-state index is 12.6. The van der Waals surface area contributed by atoms with Crippen molar-refractivity contribution in [1.82, 2.24) is 4.98 Å². The first kappa shape index (κ1) is 17.5. The van der Waals surface area contributed by atoms with Gasteiger partial charge < -0.3 is 5.11 Å². The molecule has 0 spiro atoms. The summed E-state index contributed by atoms with van der Waals surface area (Å²) in [5.74, 6) is -1.15. The summed E-state index contributed by atoms with van der Waals surface area (Å²) in [5, 5.41) is 10.4. The molecular formula is C16H10Cl2N2O4S. The molecule has 2 N–H and O–H groups in total. The van der Waals surface area contributed by atoms with Crippen LogP contribution in [0.4, 0.5) is 5.69 Å². The Hall–Kier alpha value is -2.35. The van der Waals surface area contributed by atoms with Gasteiger partial charge in [-0.25, -0.2) is 18.2 Å². The number of halogens is 2. The average molecular weight is 397 g/mol. The maximum atomic E-state index is 12.6. The standard InChI is InChI=1S/C16H10Cl2N2O4S/c17-14-8-19-15(18)13-7-11(4-5-12(13)14)25(23,24)20-10-3-1-2-9(6-10)16(21)22/h1-8,20H,(H,21,22). The Labute approximate surface area is 153 Å². The highest BCUT2D eigenvalue weighted by Crippen LogP contribution is 2.30. The summed E-state index contributed by atoms with van der Waals surface area (Å²) < 4.78 is 27.5. The zero-order valence-electron chi connectivity index (χ0n) is 12.4. The summed E-state index contributed by atoms with van der Waals surface area (Å²) in [4.78, 5) is 14.8. The zero-order chi connectivity index (χ0) is 18.2. The third-order valence-corrected chi connectivity index (χ3v) is 5.42. The number of sulfonamides is 1. The Morgan fingerprint density at radius 1 is 1.08 bits per heavy atom. The van der Waals surface area contributed by atoms with E-state index in [2.05, 4.69) is 9.71 Å². The molecule has 6 nitrogen and oxygen atoms in total. The molecule has 0 unspecified atom stereocenters. The molecule has 0 atom stereocenters. The van der Waals surface area contributed by atoms with Gasteiger partial charge in [-0.15, -0.1) is 0 Å². The van der Waals surface area contributed by atoms with Crippen LogP contribution in [0.3, 0.4) is 0 Å². The van der Waals surface area contributed by atoms with Crippen LogP contribution in [0.2, 0.25) is 10.2 Å². The van der Waals surface area contributed by atoms with Gasteiger partial charge in [0.05, 0.1) is 15.5 Å². The lowest BCUT2D eigenvalue weighted by molar-refractivity contribution is 0.0697. The molecule has 0 aliphatic rings. The molecular weight excluding hydrogens is 387 g/mol. The minimum Gasteiger partial charge on any atom is -0.478 e. The molecule has 0 amide bonds. The lowest BCUT2D eigenvalue weighted by Crippen LogP contribution is -2.13. The van der Waals surface area contributed by atoms with Gasteiger partial charge >= 0.3 is 5.97 Å². The van der Waals surface area contributed by atoms with Crippen molar-refractivity contribution in [1.29, 1.82) is 0 Å². The fraction of sp³-hybridized carbons (Fsp3) is 0. The molecule has 0 fully saturated rings. The van der Waals surface area contributed by atoms with Crippen molar-refractivity contribution in [2.24, 2.45) is 0 Å². The van der Waals surface area contributed by atoms with Crippen molar-refractivity contribution in [2.45, 2.75) is 4.90 Å². The van der Waals surface area contributed by atoms with Gasteiger partial charge in [0.1, 0.15) is 5.15 Å². The highest BCUT2D eigenvalue weighted by molar-refractivity contribution is 7.92. The smallest absolute Gasteiger partial charge is 0.335 e. The first-order chi connectivity index (χ1) is 11.8. The maximum Gasteiger partial charge on any atom is 0.335 e. The molecule has 2 aromatic carbocycles. The number of carboxylic acids is 1. The minimum absolute atomic E-state index is 0.0299. The van der Waals surface area contributed by atoms with Crippen molar-refractivity contribution in [3.8, 4) is 0 Å². The molecule has 0 bridgehead atoms. The summed E-state index contributed by atoms with van der Waals surface area (Å²) >= 11 is 12.0. The van der Waals surface area contributed by atoms with Crippen LogP contribution in [-0.4, -0.2) is 24.5 Å². The number of aromatic carboxylic acids is 1. The number of rotatable bonds is 4. The van der Waals surface area contributed by atoms with Crippen molar-refractivity contribution in [3.05, 3.63) is 64.4 Å². The van der Waals surface area contributed by atoms with E-state index in [1.165, 1.54) is 48.7 Å². The van der Waals surface area contributed by atoms with E-state index in [1.54, 1.807) is 0 Å². The van der Waals surface area contributed by atoms with Gasteiger partial charge in [0.15, 0.2) is 0 Å². The molecule has 0 aliphatic carbocycles. The predicted molar refractivity (Wildman–Crippen MR) is 96.0 cm³/mol. The first-order valence-corrected chi connectivity index (χ1v) is 9.12. The molecule has 0 saturated heterocycles. The van der Waals surface area contributed by atoms with Gasteiger partial charge in [-0.05, 0) is 30.3 Å². The van der Waals surface area contributed by atoms with Crippen molar-refractivity contribution in [2.75, 3.05) is 4.72 Å². The van der Waals surface area contributed by atoms with Crippen LogP contribution in [0, 0.1) is 0 Å². The van der Waals surface area contributed by atoms with Crippen LogP contribution in [0.15, 0.2) is 53.6 Å². The zero-order valence-corrected chi connectivity index (χ0v) is 14.7. The monoisotopic (exact) mass is 396 g/mol. The molecule has 0 aliphatic heterocycles. The average Bonchev–Trinajstić information content (AvgIpc) is 2.58. The van der Waals surface area contributed by atoms with Gasteiger partial charge in [-0.1, -0.05) is 35.3 Å². The largest absolute Gasteiger partial charge is 0.478 e. The van der Waals surface area contributed by atoms with Crippen LogP contribution in [-0.2, 0) is 10.0 Å². The number of pyridine rings is 1. The van der Waals surface area contributed by atoms with E-state index in [-0.39, 0.29) is 21.3 Å². The number of hydrogen-bond donors (Lipinski definition) is 2. The van der Waals surface area contributed by atoms with Gasteiger partial charge in [0.2, 0.25) is 0 Å². The number of benzene rings is 2. The number of anilines is 1. The molecule has 1 aromatic heterocycles. The number of hydrogen-bond acceptors (Lipinski definition) is 4. The van der Waals surface area contributed by atoms with E-state index in [0.29, 0.717) is 15.8 Å². The molecule has 9 heteroatoms. The number of nitrogens with one attached hydrogen (secondary N) is 1. The Morgan fingerprint density at radius 2 is 1.84 bits per heavy atom. The molecule has 0 radical (unpaired) electrons. The van der Waals surface area contributed by atoms with Crippen molar-refractivity contribution in [3.63, 3.8) is 0 Å². The normalized spacial score (nSPS) is 11.4. The van der Waals surface area contributed by atoms with Crippen LogP contribution >= 0.6 is 23.2 Å². The van der Waals surface area contributed by atoms with Gasteiger partial charge in [0, 0.05) is 22.7 Å². The Balaban J connectivity index is 2.03. The third-order valence-electron chi connectivity index (χ3n) is 3.43. The lowest BCUT2D eigenvalue weighted by Gasteiger charge is -2.10. The van der Waals surface area contributed by atoms with Gasteiger partial charge in [-0.3, -0.25) is 4.72 Å². The molecule has 0 saturated carbocycles. The van der Waals surface area contributed by atoms with E-state index in [9.17, 15) is 13.2 Å². The second kappa shape index (κ2) is 6.51. The van der Waals surface area contributed by atoms with E-state index < -0.39 is 16.0 Å². The molecule has 1 heterocycles. The number of nitrogens with zero attached hydrogens (tertiary/aromatic N) is 1. The van der Waals surface area contributed by atoms with Gasteiger partial charge in [0.25, 0.3) is 10.0 Å². The summed E-state index contributed by atoms with van der Waals surface area (Å²) in [6, 6.07) is 9.77. The van der Waals surface area contributed by atoms with Crippen LogP contribution in [0.5, 0.6) is 0 Å². The van der Waals surface area contributed by atoms with E-state index in [4.69, 9.17) is 28.3 Å². The van der Waals surface area contributed by atoms with E-state index >= 15 is 0 Å². The summed E-state index contributed by atoms with van der Waals surface area (Å²) in [6.45, 7) is 0. The summed E-state index contributed by atoms with van der Waals surface area (Å²) in [7, 11) is -3.95. The SMILES string of the molecule is O=C(O)c1cccc(NS(=O)(=O)c2ccc3c(Cl)cnc(Cl)c3c2)c1. The molecule has 128 valence electrons. The molecule has 25 heavy (non-hydrogen) atoms. The van der Waals surface area contributed by atoms with Gasteiger partial charge in [-0.2, -0.15) is 0 Å². The first-order valence-electron chi connectivity index (χ1n) is 6.88. The number of aromatic nitrogens is 1. The van der Waals surface area contributed by atoms with Crippen LogP contribution in [0.25, 0.3) is 10.8 Å². The molecule has 3 aromatic rings. The predicted octanol–water partition coefficient (Wildman–Crippen LogP) is 4.04. The fourth-order valence-electron chi connectivity index (χ4n) is 2.25. The van der Waals surface area contributed by atoms with Crippen LogP contribution in [0.1, 0.15) is 10.4 Å². The molecule has 3 rings (SSSR count). The van der Waals surface area contributed by atoms with Crippen LogP contribution < -0.4 is 4.72 Å². The Bertz CT molecular complexity index is 1100. The Morgan fingerprint density at radius 3 is 2.56 bits per heavy atom. The lowest BCUT2D eigenvalue weighted by atomic mass is 10.2. The highest BCUT2D eigenvalue weighted by atomic mass is 35.5. The Kier molecular flexibility index (Phi) is 4.55. The van der Waals surface area contributed by atoms with Crippen molar-refractivity contribution < 1.29 is 18.3 Å². The topological polar surface area (TPSA) is 96.4 Å². The van der Waals surface area contributed by atoms with E-state index in [0.717, 1.165) is 0 Å². The van der Waals surface area contributed by atoms with Crippen molar-refractivity contribution >= 4 is 55.7 Å².